The van der Waals surface area contributed by atoms with Gasteiger partial charge in [-0.15, -0.1) is 0 Å². The minimum Gasteiger partial charge on any atom is -0.494 e. The number of anilines is 2. The van der Waals surface area contributed by atoms with Crippen LogP contribution >= 0.6 is 0 Å². The van der Waals surface area contributed by atoms with Crippen LogP contribution in [0.25, 0.3) is 10.9 Å². The first kappa shape index (κ1) is 34.7. The van der Waals surface area contributed by atoms with E-state index in [0.717, 1.165) is 111 Å². The van der Waals surface area contributed by atoms with E-state index < -0.39 is 6.04 Å². The number of aromatic amines is 1. The predicted molar refractivity (Wildman–Crippen MR) is 204 cm³/mol. The zero-order chi connectivity index (χ0) is 36.5. The molecule has 11 nitrogen and oxygen atoms in total. The first-order chi connectivity index (χ1) is 25.9. The van der Waals surface area contributed by atoms with Crippen molar-refractivity contribution in [3.8, 4) is 11.8 Å². The topological polar surface area (TPSA) is 125 Å². The number of fused-ring (bicyclic) bond motifs is 2. The Morgan fingerprint density at radius 1 is 0.906 bits per heavy atom. The van der Waals surface area contributed by atoms with E-state index in [1.165, 1.54) is 11.3 Å². The van der Waals surface area contributed by atoms with Gasteiger partial charge in [-0.05, 0) is 105 Å². The second-order valence-corrected chi connectivity index (χ2v) is 14.9. The Morgan fingerprint density at radius 3 is 2.51 bits per heavy atom. The van der Waals surface area contributed by atoms with Crippen molar-refractivity contribution in [1.29, 1.82) is 5.26 Å². The van der Waals surface area contributed by atoms with E-state index in [1.54, 1.807) is 4.90 Å². The number of benzene rings is 3. The highest BCUT2D eigenvalue weighted by molar-refractivity contribution is 6.05. The molecule has 0 saturated carbocycles. The molecule has 1 unspecified atom stereocenters. The van der Waals surface area contributed by atoms with Crippen molar-refractivity contribution in [2.24, 2.45) is 0 Å². The fourth-order valence-corrected chi connectivity index (χ4v) is 8.70. The lowest BCUT2D eigenvalue weighted by Gasteiger charge is -2.36. The fraction of sp³-hybridized carbons (Fsp3) is 0.429. The summed E-state index contributed by atoms with van der Waals surface area (Å²) < 4.78 is 6.14. The number of hydrogen-bond donors (Lipinski definition) is 2. The molecular weight excluding hydrogens is 667 g/mol. The van der Waals surface area contributed by atoms with Gasteiger partial charge in [0.2, 0.25) is 11.8 Å². The molecule has 1 aromatic heterocycles. The molecule has 0 radical (unpaired) electrons. The van der Waals surface area contributed by atoms with Crippen molar-refractivity contribution in [2.75, 3.05) is 62.2 Å². The van der Waals surface area contributed by atoms with Gasteiger partial charge in [-0.1, -0.05) is 12.1 Å². The maximum absolute atomic E-state index is 13.1. The number of aryl methyl sites for hydroxylation is 1. The van der Waals surface area contributed by atoms with Crippen LogP contribution in [0.4, 0.5) is 11.4 Å². The summed E-state index contributed by atoms with van der Waals surface area (Å²) in [6.45, 7) is 10.0. The molecule has 2 atom stereocenters. The van der Waals surface area contributed by atoms with Crippen molar-refractivity contribution in [2.45, 2.75) is 64.0 Å². The monoisotopic (exact) mass is 713 g/mol. The molecule has 53 heavy (non-hydrogen) atoms. The number of unbranched alkanes of at least 4 members (excludes halogenated alkanes) is 1. The van der Waals surface area contributed by atoms with E-state index in [9.17, 15) is 19.6 Å². The molecule has 0 aliphatic carbocycles. The van der Waals surface area contributed by atoms with Gasteiger partial charge in [0.05, 0.1) is 17.7 Å². The molecule has 3 aromatic carbocycles. The first-order valence-electron chi connectivity index (χ1n) is 19.1. The van der Waals surface area contributed by atoms with Gasteiger partial charge in [-0.3, -0.25) is 24.6 Å². The molecule has 3 fully saturated rings. The summed E-state index contributed by atoms with van der Waals surface area (Å²) in [5.74, 6) is 0.528. The molecule has 3 saturated heterocycles. The van der Waals surface area contributed by atoms with Crippen molar-refractivity contribution < 1.29 is 19.1 Å². The second-order valence-electron chi connectivity index (χ2n) is 14.9. The number of nitrogens with one attached hydrogen (secondary N) is 2. The molecule has 3 amide bonds. The summed E-state index contributed by atoms with van der Waals surface area (Å²) in [7, 11) is 0. The number of aromatic nitrogens is 1. The van der Waals surface area contributed by atoms with Gasteiger partial charge in [-0.25, -0.2) is 0 Å². The third-order valence-corrected chi connectivity index (χ3v) is 11.6. The smallest absolute Gasteiger partial charge is 0.255 e. The van der Waals surface area contributed by atoms with Crippen LogP contribution in [0, 0.1) is 18.3 Å². The minimum atomic E-state index is -0.590. The van der Waals surface area contributed by atoms with Crippen LogP contribution in [-0.4, -0.2) is 91.0 Å². The third kappa shape index (κ3) is 7.08. The number of piperazine rings is 1. The Balaban J connectivity index is 0.762. The minimum absolute atomic E-state index is 0.131. The maximum atomic E-state index is 13.1. The number of rotatable bonds is 10. The van der Waals surface area contributed by atoms with Crippen LogP contribution in [0.15, 0.2) is 60.8 Å². The van der Waals surface area contributed by atoms with E-state index in [-0.39, 0.29) is 24.1 Å². The van der Waals surface area contributed by atoms with Crippen LogP contribution in [0.5, 0.6) is 5.75 Å². The number of H-pyrrole nitrogens is 1. The van der Waals surface area contributed by atoms with Gasteiger partial charge in [-0.2, -0.15) is 5.26 Å². The molecule has 5 heterocycles. The van der Waals surface area contributed by atoms with Gasteiger partial charge in [0.1, 0.15) is 17.9 Å². The van der Waals surface area contributed by atoms with Crippen molar-refractivity contribution >= 4 is 40.0 Å². The Bertz CT molecular complexity index is 2060. The number of nitrogens with zero attached hydrogens (tertiary/aromatic N) is 5. The van der Waals surface area contributed by atoms with Crippen molar-refractivity contribution in [3.63, 3.8) is 0 Å². The van der Waals surface area contributed by atoms with Crippen molar-refractivity contribution in [1.82, 2.24) is 20.1 Å². The quantitative estimate of drug-likeness (QED) is 0.164. The summed E-state index contributed by atoms with van der Waals surface area (Å²) in [5.41, 5.74) is 8.20. The van der Waals surface area contributed by atoms with Crippen molar-refractivity contribution in [3.05, 3.63) is 88.6 Å². The first-order valence-corrected chi connectivity index (χ1v) is 19.1. The molecule has 4 aliphatic heterocycles. The highest BCUT2D eigenvalue weighted by Crippen LogP contribution is 2.36. The van der Waals surface area contributed by atoms with Crippen LogP contribution in [0.2, 0.25) is 0 Å². The second kappa shape index (κ2) is 15.0. The lowest BCUT2D eigenvalue weighted by Crippen LogP contribution is -2.52. The Morgan fingerprint density at radius 2 is 1.72 bits per heavy atom. The van der Waals surface area contributed by atoms with E-state index in [4.69, 9.17) is 4.74 Å². The van der Waals surface area contributed by atoms with E-state index in [0.29, 0.717) is 31.1 Å². The molecule has 4 aromatic rings. The number of ether oxygens (including phenoxy) is 1. The molecular formula is C42H47N7O4. The molecule has 8 rings (SSSR count). The number of imide groups is 1. The summed E-state index contributed by atoms with van der Waals surface area (Å²) in [4.78, 5) is 49.4. The fourth-order valence-electron chi connectivity index (χ4n) is 8.70. The standard InChI is InChI=1S/C42H47N7O4/c1-28-6-12-35(40-39(28)31(24-43)25-44-40)29-5-4-17-48(26-29)32-7-10-34(11-8-32)53-22-3-2-16-46-18-20-47(21-19-46)33-9-13-36-30(23-33)27-49(42(36)52)37-14-15-38(50)45-41(37)51/h6-13,23,25,29,37,44H,2-5,14-22,26-27H2,1H3,(H,45,50,51)/t29-,37?/m1/s1. The average molecular weight is 714 g/mol. The van der Waals surface area contributed by atoms with Gasteiger partial charge in [0.15, 0.2) is 0 Å². The van der Waals surface area contributed by atoms with E-state index in [1.807, 2.05) is 18.3 Å². The highest BCUT2D eigenvalue weighted by Gasteiger charge is 2.39. The summed E-state index contributed by atoms with van der Waals surface area (Å²) >= 11 is 0. The van der Waals surface area contributed by atoms with E-state index in [2.05, 4.69) is 80.5 Å². The zero-order valence-corrected chi connectivity index (χ0v) is 30.4. The predicted octanol–water partition coefficient (Wildman–Crippen LogP) is 5.47. The average Bonchev–Trinajstić information content (AvgIpc) is 3.77. The van der Waals surface area contributed by atoms with Gasteiger partial charge < -0.3 is 24.4 Å². The van der Waals surface area contributed by atoms with E-state index >= 15 is 0 Å². The van der Waals surface area contributed by atoms with Crippen LogP contribution in [0.3, 0.4) is 0 Å². The summed E-state index contributed by atoms with van der Waals surface area (Å²) in [6.07, 6.45) is 6.81. The molecule has 0 spiro atoms. The molecule has 11 heteroatoms. The normalized spacial score (nSPS) is 20.8. The van der Waals surface area contributed by atoms with Gasteiger partial charge in [0.25, 0.3) is 5.91 Å². The summed E-state index contributed by atoms with van der Waals surface area (Å²) in [5, 5.41) is 13.0. The van der Waals surface area contributed by atoms with Crippen LogP contribution in [0.1, 0.15) is 77.1 Å². The third-order valence-electron chi connectivity index (χ3n) is 11.6. The molecule has 4 aliphatic rings. The lowest BCUT2D eigenvalue weighted by molar-refractivity contribution is -0.136. The molecule has 274 valence electrons. The Hall–Kier alpha value is -5.34. The summed E-state index contributed by atoms with van der Waals surface area (Å²) in [6, 6.07) is 20.7. The molecule has 2 N–H and O–H groups in total. The van der Waals surface area contributed by atoms with Gasteiger partial charge >= 0.3 is 0 Å². The number of carbonyl (C=O) groups excluding carboxylic acids is 3. The number of nitriles is 1. The van der Waals surface area contributed by atoms with Crippen LogP contribution in [-0.2, 0) is 16.1 Å². The lowest BCUT2D eigenvalue weighted by atomic mass is 9.88. The zero-order valence-electron chi connectivity index (χ0n) is 30.4. The van der Waals surface area contributed by atoms with Crippen LogP contribution < -0.4 is 19.9 Å². The Kier molecular flexibility index (Phi) is 9.80. The largest absolute Gasteiger partial charge is 0.494 e. The van der Waals surface area contributed by atoms with Gasteiger partial charge in [0, 0.05) is 86.7 Å². The number of amides is 3. The SMILES string of the molecule is Cc1ccc([C@@H]2CCCN(c3ccc(OCCCCN4CCN(c5ccc6c(c5)CN(C5CCC(=O)NC5=O)C6=O)CC4)cc3)C2)c2[nH]cc(C#N)c12. The maximum Gasteiger partial charge on any atom is 0.255 e. The number of carbonyl (C=O) groups is 3. The molecule has 0 bridgehead atoms. The Labute approximate surface area is 310 Å². The number of piperidine rings is 2. The number of hydrogen-bond acceptors (Lipinski definition) is 8. The highest BCUT2D eigenvalue weighted by atomic mass is 16.5.